The highest BCUT2D eigenvalue weighted by molar-refractivity contribution is 5.04. The van der Waals surface area contributed by atoms with Crippen LogP contribution in [0.15, 0.2) is 12.3 Å². The Morgan fingerprint density at radius 2 is 1.83 bits per heavy atom. The first-order chi connectivity index (χ1) is 5.57. The van der Waals surface area contributed by atoms with Crippen LogP contribution in [-0.2, 0) is 4.74 Å². The molecule has 0 amide bonds. The van der Waals surface area contributed by atoms with Crippen LogP contribution in [0.25, 0.3) is 0 Å². The summed E-state index contributed by atoms with van der Waals surface area (Å²) in [6.45, 7) is 2.90. The summed E-state index contributed by atoms with van der Waals surface area (Å²) < 4.78 is 4.83. The number of aliphatic hydroxyl groups excluding tert-OH is 4. The maximum absolute atomic E-state index is 9.19. The van der Waals surface area contributed by atoms with Gasteiger partial charge in [-0.15, -0.1) is 0 Å². The van der Waals surface area contributed by atoms with Crippen LogP contribution in [0.4, 0.5) is 0 Å². The molecule has 5 nitrogen and oxygen atoms in total. The van der Waals surface area contributed by atoms with Gasteiger partial charge in [0.15, 0.2) is 0 Å². The summed E-state index contributed by atoms with van der Waals surface area (Å²) in [6, 6.07) is 0. The summed E-state index contributed by atoms with van der Waals surface area (Å²) in [5.74, 6) is -0.0353. The minimum atomic E-state index is -1.34. The van der Waals surface area contributed by atoms with Crippen LogP contribution in [0.1, 0.15) is 0 Å². The van der Waals surface area contributed by atoms with Gasteiger partial charge in [-0.2, -0.15) is 0 Å². The lowest BCUT2D eigenvalue weighted by atomic mass is 9.99. The van der Waals surface area contributed by atoms with Crippen molar-refractivity contribution in [1.82, 2.24) is 0 Å². The first-order valence-corrected chi connectivity index (χ1v) is 3.58. The van der Waals surface area contributed by atoms with E-state index in [1.54, 1.807) is 0 Å². The molecule has 0 saturated carbocycles. The van der Waals surface area contributed by atoms with Gasteiger partial charge in [-0.25, -0.2) is 0 Å². The van der Waals surface area contributed by atoms with Crippen molar-refractivity contribution < 1.29 is 25.2 Å². The molecule has 1 aliphatic heterocycles. The van der Waals surface area contributed by atoms with Gasteiger partial charge in [0, 0.05) is 0 Å². The first kappa shape index (κ1) is 9.47. The predicted molar refractivity (Wildman–Crippen MR) is 39.1 cm³/mol. The van der Waals surface area contributed by atoms with Crippen LogP contribution in [0, 0.1) is 0 Å². The van der Waals surface area contributed by atoms with Gasteiger partial charge in [0.2, 0.25) is 0 Å². The smallest absolute Gasteiger partial charge is 0.150 e. The standard InChI is InChI=1S/C7H12O5/c1-3-5(9)7(11)6(10)4(2-8)12-3/h4-11H,1-2H2. The van der Waals surface area contributed by atoms with Crippen molar-refractivity contribution in [1.29, 1.82) is 0 Å². The zero-order valence-electron chi connectivity index (χ0n) is 6.42. The van der Waals surface area contributed by atoms with Crippen molar-refractivity contribution in [2.45, 2.75) is 24.4 Å². The fourth-order valence-corrected chi connectivity index (χ4v) is 1.08. The Bertz CT molecular complexity index is 179. The molecule has 0 aromatic heterocycles. The third kappa shape index (κ3) is 1.44. The molecular formula is C7H12O5. The second-order valence-corrected chi connectivity index (χ2v) is 2.73. The summed E-state index contributed by atoms with van der Waals surface area (Å²) in [7, 11) is 0. The molecule has 0 radical (unpaired) electrons. The van der Waals surface area contributed by atoms with Gasteiger partial charge >= 0.3 is 0 Å². The van der Waals surface area contributed by atoms with Gasteiger partial charge in [0.1, 0.15) is 30.2 Å². The number of rotatable bonds is 1. The van der Waals surface area contributed by atoms with Gasteiger partial charge in [0.25, 0.3) is 0 Å². The number of hydrogen-bond acceptors (Lipinski definition) is 5. The van der Waals surface area contributed by atoms with Gasteiger partial charge < -0.3 is 25.2 Å². The molecule has 0 bridgehead atoms. The van der Waals surface area contributed by atoms with E-state index in [1.807, 2.05) is 0 Å². The molecule has 1 rings (SSSR count). The summed E-state index contributed by atoms with van der Waals surface area (Å²) in [6.07, 6.45) is -4.82. The SMILES string of the molecule is C=C1OC(CO)C(O)C(O)C1O. The number of aliphatic hydroxyl groups is 4. The Balaban J connectivity index is 2.70. The lowest BCUT2D eigenvalue weighted by Gasteiger charge is -2.35. The average Bonchev–Trinajstić information content (AvgIpc) is 2.08. The van der Waals surface area contributed by atoms with Crippen molar-refractivity contribution in [2.24, 2.45) is 0 Å². The Labute approximate surface area is 69.5 Å². The topological polar surface area (TPSA) is 90.2 Å². The Morgan fingerprint density at radius 1 is 1.25 bits per heavy atom. The van der Waals surface area contributed by atoms with E-state index in [1.165, 1.54) is 0 Å². The van der Waals surface area contributed by atoms with Crippen molar-refractivity contribution in [3.8, 4) is 0 Å². The molecule has 1 aliphatic rings. The Hall–Kier alpha value is -0.620. The lowest BCUT2D eigenvalue weighted by Crippen LogP contribution is -2.52. The molecule has 4 atom stereocenters. The van der Waals surface area contributed by atoms with Crippen LogP contribution in [-0.4, -0.2) is 51.4 Å². The zero-order valence-corrected chi connectivity index (χ0v) is 6.42. The fourth-order valence-electron chi connectivity index (χ4n) is 1.08. The van der Waals surface area contributed by atoms with Crippen LogP contribution in [0.5, 0.6) is 0 Å². The van der Waals surface area contributed by atoms with E-state index in [0.717, 1.165) is 0 Å². The second-order valence-electron chi connectivity index (χ2n) is 2.73. The molecule has 1 fully saturated rings. The maximum atomic E-state index is 9.19. The highest BCUT2D eigenvalue weighted by Gasteiger charge is 2.39. The molecule has 4 N–H and O–H groups in total. The van der Waals surface area contributed by atoms with Gasteiger partial charge in [0.05, 0.1) is 6.61 Å². The number of hydrogen-bond donors (Lipinski definition) is 4. The summed E-state index contributed by atoms with van der Waals surface area (Å²) >= 11 is 0. The average molecular weight is 176 g/mol. The quantitative estimate of drug-likeness (QED) is 0.370. The zero-order chi connectivity index (χ0) is 9.30. The molecule has 0 aromatic rings. The molecule has 70 valence electrons. The third-order valence-electron chi connectivity index (χ3n) is 1.87. The molecule has 5 heteroatoms. The largest absolute Gasteiger partial charge is 0.487 e. The maximum Gasteiger partial charge on any atom is 0.150 e. The molecular weight excluding hydrogens is 164 g/mol. The summed E-state index contributed by atoms with van der Waals surface area (Å²) in [5, 5.41) is 36.1. The Morgan fingerprint density at radius 3 is 2.33 bits per heavy atom. The molecule has 1 heterocycles. The van der Waals surface area contributed by atoms with E-state index in [9.17, 15) is 5.11 Å². The lowest BCUT2D eigenvalue weighted by molar-refractivity contribution is -0.164. The van der Waals surface area contributed by atoms with Gasteiger partial charge in [-0.3, -0.25) is 0 Å². The van der Waals surface area contributed by atoms with E-state index in [-0.39, 0.29) is 5.76 Å². The van der Waals surface area contributed by atoms with Crippen LogP contribution in [0.2, 0.25) is 0 Å². The Kier molecular flexibility index (Phi) is 2.69. The van der Waals surface area contributed by atoms with Crippen LogP contribution < -0.4 is 0 Å². The molecule has 0 aliphatic carbocycles. The monoisotopic (exact) mass is 176 g/mol. The first-order valence-electron chi connectivity index (χ1n) is 3.58. The normalized spacial score (nSPS) is 42.5. The van der Waals surface area contributed by atoms with Gasteiger partial charge in [-0.05, 0) is 0 Å². The van der Waals surface area contributed by atoms with Crippen molar-refractivity contribution in [3.05, 3.63) is 12.3 Å². The fraction of sp³-hybridized carbons (Fsp3) is 0.714. The highest BCUT2D eigenvalue weighted by atomic mass is 16.5. The van der Waals surface area contributed by atoms with Crippen molar-refractivity contribution in [3.63, 3.8) is 0 Å². The van der Waals surface area contributed by atoms with E-state index < -0.39 is 31.0 Å². The highest BCUT2D eigenvalue weighted by Crippen LogP contribution is 2.21. The summed E-state index contributed by atoms with van der Waals surface area (Å²) in [5.41, 5.74) is 0. The van der Waals surface area contributed by atoms with E-state index >= 15 is 0 Å². The van der Waals surface area contributed by atoms with Crippen molar-refractivity contribution >= 4 is 0 Å². The minimum absolute atomic E-state index is 0.0353. The minimum Gasteiger partial charge on any atom is -0.487 e. The third-order valence-corrected chi connectivity index (χ3v) is 1.87. The van der Waals surface area contributed by atoms with E-state index in [4.69, 9.17) is 20.1 Å². The summed E-state index contributed by atoms with van der Waals surface area (Å²) in [4.78, 5) is 0. The molecule has 4 unspecified atom stereocenters. The molecule has 0 aromatic carbocycles. The van der Waals surface area contributed by atoms with Crippen molar-refractivity contribution in [2.75, 3.05) is 6.61 Å². The second kappa shape index (κ2) is 3.40. The molecule has 1 saturated heterocycles. The predicted octanol–water partition coefficient (Wildman–Crippen LogP) is -2.03. The van der Waals surface area contributed by atoms with E-state index in [0.29, 0.717) is 0 Å². The molecule has 0 spiro atoms. The molecule has 12 heavy (non-hydrogen) atoms. The van der Waals surface area contributed by atoms with Crippen LogP contribution >= 0.6 is 0 Å². The van der Waals surface area contributed by atoms with E-state index in [2.05, 4.69) is 6.58 Å². The van der Waals surface area contributed by atoms with Gasteiger partial charge in [-0.1, -0.05) is 6.58 Å². The number of ether oxygens (including phenoxy) is 1. The van der Waals surface area contributed by atoms with Crippen LogP contribution in [0.3, 0.4) is 0 Å².